The van der Waals surface area contributed by atoms with Crippen LogP contribution in [0.3, 0.4) is 0 Å². The molecule has 4 nitrogen and oxygen atoms in total. The third-order valence-electron chi connectivity index (χ3n) is 3.86. The number of benzene rings is 2. The molecular formula is C20H27NO3S. The molecule has 25 heavy (non-hydrogen) atoms. The third-order valence-corrected chi connectivity index (χ3v) is 5.25. The van der Waals surface area contributed by atoms with Crippen LogP contribution in [-0.2, 0) is 6.54 Å². The van der Waals surface area contributed by atoms with Crippen molar-refractivity contribution in [2.75, 3.05) is 33.6 Å². The van der Waals surface area contributed by atoms with Crippen LogP contribution in [0.1, 0.15) is 12.5 Å². The second-order valence-electron chi connectivity index (χ2n) is 5.89. The lowest BCUT2D eigenvalue weighted by Gasteiger charge is -2.14. The fourth-order valence-electron chi connectivity index (χ4n) is 2.48. The molecule has 2 rings (SSSR count). The van der Waals surface area contributed by atoms with Crippen LogP contribution in [0.2, 0.25) is 0 Å². The molecule has 1 unspecified atom stereocenters. The van der Waals surface area contributed by atoms with E-state index < -0.39 is 0 Å². The minimum Gasteiger partial charge on any atom is -0.496 e. The monoisotopic (exact) mass is 361 g/mol. The van der Waals surface area contributed by atoms with Crippen LogP contribution in [0.5, 0.6) is 17.2 Å². The fourth-order valence-corrected chi connectivity index (χ4v) is 3.53. The van der Waals surface area contributed by atoms with E-state index in [1.165, 1.54) is 10.5 Å². The largest absolute Gasteiger partial charge is 0.496 e. The average Bonchev–Trinajstić information content (AvgIpc) is 2.66. The van der Waals surface area contributed by atoms with E-state index in [4.69, 9.17) is 14.2 Å². The summed E-state index contributed by atoms with van der Waals surface area (Å²) in [7, 11) is 5.02. The Morgan fingerprint density at radius 1 is 0.920 bits per heavy atom. The Morgan fingerprint density at radius 3 is 2.36 bits per heavy atom. The van der Waals surface area contributed by atoms with Crippen LogP contribution in [0, 0.1) is 5.92 Å². The van der Waals surface area contributed by atoms with Gasteiger partial charge in [0.1, 0.15) is 5.75 Å². The highest BCUT2D eigenvalue weighted by Crippen LogP contribution is 2.30. The van der Waals surface area contributed by atoms with Gasteiger partial charge >= 0.3 is 0 Å². The van der Waals surface area contributed by atoms with E-state index in [0.717, 1.165) is 36.1 Å². The van der Waals surface area contributed by atoms with Gasteiger partial charge in [0.15, 0.2) is 11.5 Å². The smallest absolute Gasteiger partial charge is 0.161 e. The first-order valence-corrected chi connectivity index (χ1v) is 9.34. The van der Waals surface area contributed by atoms with Crippen LogP contribution in [0.25, 0.3) is 0 Å². The third kappa shape index (κ3) is 5.87. The average molecular weight is 362 g/mol. The lowest BCUT2D eigenvalue weighted by Crippen LogP contribution is -2.22. The zero-order valence-corrected chi connectivity index (χ0v) is 16.2. The van der Waals surface area contributed by atoms with Gasteiger partial charge in [-0.3, -0.25) is 0 Å². The standard InChI is InChI=1S/C20H27NO3S/c1-15(14-25-20-8-6-5-7-18(20)23-3)12-21-13-16-9-10-17(22-2)19(11-16)24-4/h5-11,15,21H,12-14H2,1-4H3. The number of ether oxygens (including phenoxy) is 3. The van der Waals surface area contributed by atoms with E-state index in [1.807, 2.05) is 42.1 Å². The maximum atomic E-state index is 5.40. The zero-order valence-electron chi connectivity index (χ0n) is 15.4. The van der Waals surface area contributed by atoms with Crippen molar-refractivity contribution in [3.05, 3.63) is 48.0 Å². The quantitative estimate of drug-likeness (QED) is 0.641. The van der Waals surface area contributed by atoms with Gasteiger partial charge in [-0.15, -0.1) is 11.8 Å². The molecule has 0 saturated heterocycles. The molecule has 0 aliphatic carbocycles. The van der Waals surface area contributed by atoms with E-state index in [-0.39, 0.29) is 0 Å². The molecule has 0 saturated carbocycles. The summed E-state index contributed by atoms with van der Waals surface area (Å²) in [5.74, 6) is 4.06. The maximum Gasteiger partial charge on any atom is 0.161 e. The molecule has 0 radical (unpaired) electrons. The molecule has 1 N–H and O–H groups in total. The Labute approximate surface area is 154 Å². The van der Waals surface area contributed by atoms with Crippen molar-refractivity contribution in [2.45, 2.75) is 18.4 Å². The lowest BCUT2D eigenvalue weighted by molar-refractivity contribution is 0.354. The molecule has 136 valence electrons. The Balaban J connectivity index is 1.77. The first-order chi connectivity index (χ1) is 12.2. The highest BCUT2D eigenvalue weighted by Gasteiger charge is 2.08. The first-order valence-electron chi connectivity index (χ1n) is 8.35. The molecule has 0 aromatic heterocycles. The molecular weight excluding hydrogens is 334 g/mol. The predicted molar refractivity (Wildman–Crippen MR) is 104 cm³/mol. The van der Waals surface area contributed by atoms with Crippen molar-refractivity contribution >= 4 is 11.8 Å². The van der Waals surface area contributed by atoms with Crippen LogP contribution in [-0.4, -0.2) is 33.6 Å². The summed E-state index contributed by atoms with van der Waals surface area (Å²) in [6, 6.07) is 14.2. The van der Waals surface area contributed by atoms with Gasteiger partial charge in [0.05, 0.1) is 21.3 Å². The highest BCUT2D eigenvalue weighted by atomic mass is 32.2. The van der Waals surface area contributed by atoms with Crippen LogP contribution in [0.15, 0.2) is 47.4 Å². The van der Waals surface area contributed by atoms with Gasteiger partial charge in [-0.2, -0.15) is 0 Å². The molecule has 2 aromatic rings. The maximum absolute atomic E-state index is 5.40. The summed E-state index contributed by atoms with van der Waals surface area (Å²) in [4.78, 5) is 1.19. The number of methoxy groups -OCH3 is 3. The zero-order chi connectivity index (χ0) is 18.1. The topological polar surface area (TPSA) is 39.7 Å². The summed E-state index contributed by atoms with van der Waals surface area (Å²) in [6.45, 7) is 4.02. The fraction of sp³-hybridized carbons (Fsp3) is 0.400. The van der Waals surface area contributed by atoms with Crippen LogP contribution < -0.4 is 19.5 Å². The summed E-state index contributed by atoms with van der Waals surface area (Å²) >= 11 is 1.84. The van der Waals surface area contributed by atoms with Crippen molar-refractivity contribution in [3.8, 4) is 17.2 Å². The van der Waals surface area contributed by atoms with Crippen molar-refractivity contribution < 1.29 is 14.2 Å². The molecule has 1 atom stereocenters. The number of hydrogen-bond donors (Lipinski definition) is 1. The molecule has 0 bridgehead atoms. The van der Waals surface area contributed by atoms with E-state index in [0.29, 0.717) is 5.92 Å². The van der Waals surface area contributed by atoms with Crippen molar-refractivity contribution in [1.82, 2.24) is 5.32 Å². The van der Waals surface area contributed by atoms with Gasteiger partial charge in [-0.1, -0.05) is 25.1 Å². The van der Waals surface area contributed by atoms with Gasteiger partial charge in [0, 0.05) is 17.2 Å². The summed E-state index contributed by atoms with van der Waals surface area (Å²) in [6.07, 6.45) is 0. The Hall–Kier alpha value is -1.85. The lowest BCUT2D eigenvalue weighted by atomic mass is 10.2. The normalized spacial score (nSPS) is 11.8. The molecule has 5 heteroatoms. The molecule has 0 spiro atoms. The summed E-state index contributed by atoms with van der Waals surface area (Å²) in [5, 5.41) is 3.51. The number of rotatable bonds is 10. The van der Waals surface area contributed by atoms with E-state index in [1.54, 1.807) is 21.3 Å². The molecule has 0 heterocycles. The second kappa shape index (κ2) is 10.2. The number of hydrogen-bond acceptors (Lipinski definition) is 5. The van der Waals surface area contributed by atoms with Gasteiger partial charge in [0.2, 0.25) is 0 Å². The van der Waals surface area contributed by atoms with E-state index in [9.17, 15) is 0 Å². The Bertz CT molecular complexity index is 663. The predicted octanol–water partition coefficient (Wildman–Crippen LogP) is 4.23. The molecule has 0 aliphatic heterocycles. The number of thioether (sulfide) groups is 1. The highest BCUT2D eigenvalue weighted by molar-refractivity contribution is 7.99. The summed E-state index contributed by atoms with van der Waals surface area (Å²) < 4.78 is 16.0. The summed E-state index contributed by atoms with van der Waals surface area (Å²) in [5.41, 5.74) is 1.18. The minimum absolute atomic E-state index is 0.551. The molecule has 0 amide bonds. The number of nitrogens with one attached hydrogen (secondary N) is 1. The van der Waals surface area contributed by atoms with Gasteiger partial charge in [-0.05, 0) is 42.3 Å². The van der Waals surface area contributed by atoms with Crippen molar-refractivity contribution in [1.29, 1.82) is 0 Å². The first kappa shape index (κ1) is 19.5. The minimum atomic E-state index is 0.551. The SMILES string of the molecule is COc1ccc(CNCC(C)CSc2ccccc2OC)cc1OC. The van der Waals surface area contributed by atoms with Crippen molar-refractivity contribution in [2.24, 2.45) is 5.92 Å². The van der Waals surface area contributed by atoms with Gasteiger partial charge in [0.25, 0.3) is 0 Å². The van der Waals surface area contributed by atoms with Gasteiger partial charge in [-0.25, -0.2) is 0 Å². The molecule has 0 aliphatic rings. The van der Waals surface area contributed by atoms with Crippen molar-refractivity contribution in [3.63, 3.8) is 0 Å². The van der Waals surface area contributed by atoms with E-state index in [2.05, 4.69) is 24.4 Å². The Morgan fingerprint density at radius 2 is 1.64 bits per heavy atom. The molecule has 2 aromatic carbocycles. The van der Waals surface area contributed by atoms with E-state index >= 15 is 0 Å². The second-order valence-corrected chi connectivity index (χ2v) is 6.95. The van der Waals surface area contributed by atoms with Gasteiger partial charge < -0.3 is 19.5 Å². The molecule has 0 fully saturated rings. The Kier molecular flexibility index (Phi) is 7.95. The van der Waals surface area contributed by atoms with Crippen LogP contribution >= 0.6 is 11.8 Å². The number of para-hydroxylation sites is 1. The van der Waals surface area contributed by atoms with Crippen LogP contribution in [0.4, 0.5) is 0 Å².